The molecule has 0 spiro atoms. The Labute approximate surface area is 113 Å². The lowest BCUT2D eigenvalue weighted by atomic mass is 10.3. The van der Waals surface area contributed by atoms with Gasteiger partial charge in [-0.05, 0) is 18.0 Å². The lowest BCUT2D eigenvalue weighted by molar-refractivity contribution is 0.0982. The first-order chi connectivity index (χ1) is 7.99. The van der Waals surface area contributed by atoms with Gasteiger partial charge >= 0.3 is 0 Å². The van der Waals surface area contributed by atoms with E-state index in [0.717, 1.165) is 0 Å². The third-order valence-corrected chi connectivity index (χ3v) is 1.85. The normalized spacial score (nSPS) is 11.2. The molecule has 18 heavy (non-hydrogen) atoms. The molecular formula is C12H22BN2O2S. The highest BCUT2D eigenvalue weighted by Crippen LogP contribution is 1.95. The van der Waals surface area contributed by atoms with Gasteiger partial charge in [0.05, 0.1) is 5.56 Å². The van der Waals surface area contributed by atoms with Gasteiger partial charge in [0.1, 0.15) is 0 Å². The summed E-state index contributed by atoms with van der Waals surface area (Å²) < 4.78 is 13.4. The van der Waals surface area contributed by atoms with Gasteiger partial charge in [-0.1, -0.05) is 27.7 Å². The van der Waals surface area contributed by atoms with Gasteiger partial charge in [0.25, 0.3) is 5.91 Å². The number of amides is 1. The van der Waals surface area contributed by atoms with Crippen molar-refractivity contribution in [1.82, 2.24) is 9.71 Å². The van der Waals surface area contributed by atoms with E-state index in [4.69, 9.17) is 0 Å². The number of hydrogen-bond donors (Lipinski definition) is 1. The molecule has 0 aliphatic heterocycles. The molecule has 0 aromatic carbocycles. The maximum absolute atomic E-state index is 11.3. The van der Waals surface area contributed by atoms with Crippen molar-refractivity contribution in [3.8, 4) is 0 Å². The zero-order chi connectivity index (χ0) is 13.9. The molecule has 0 aliphatic carbocycles. The van der Waals surface area contributed by atoms with Crippen molar-refractivity contribution in [3.63, 3.8) is 0 Å². The maximum Gasteiger partial charge on any atom is 0.264 e. The second-order valence-corrected chi connectivity index (χ2v) is 4.89. The molecule has 1 heterocycles. The molecule has 101 valence electrons. The molecule has 6 heteroatoms. The van der Waals surface area contributed by atoms with Crippen LogP contribution in [0.3, 0.4) is 0 Å². The van der Waals surface area contributed by atoms with E-state index in [9.17, 15) is 9.00 Å². The van der Waals surface area contributed by atoms with Crippen molar-refractivity contribution >= 4 is 29.9 Å². The fourth-order valence-corrected chi connectivity index (χ4v) is 1.26. The van der Waals surface area contributed by atoms with Gasteiger partial charge in [-0.15, -0.1) is 0 Å². The minimum atomic E-state index is -2.50. The molecule has 0 bridgehead atoms. The van der Waals surface area contributed by atoms with Crippen LogP contribution in [0.1, 0.15) is 38.1 Å². The molecule has 1 rings (SSSR count). The first-order valence-corrected chi connectivity index (χ1v) is 7.67. The molecule has 0 fully saturated rings. The minimum absolute atomic E-state index is 0. The van der Waals surface area contributed by atoms with Crippen molar-refractivity contribution in [2.75, 3.05) is 6.26 Å². The molecule has 1 amide bonds. The first-order valence-electron chi connectivity index (χ1n) is 5.53. The number of carbonyl (C=O) groups is 1. The molecule has 4 nitrogen and oxygen atoms in total. The Kier molecular flexibility index (Phi) is 14.8. The number of nitrogens with one attached hydrogen (secondary N) is 1. The van der Waals surface area contributed by atoms with Crippen LogP contribution in [0.4, 0.5) is 0 Å². The average molecular weight is 269 g/mol. The molecule has 0 saturated carbocycles. The second kappa shape index (κ2) is 12.2. The Balaban J connectivity index is -0.000000409. The van der Waals surface area contributed by atoms with E-state index < -0.39 is 15.6 Å². The van der Waals surface area contributed by atoms with E-state index in [0.29, 0.717) is 5.56 Å². The molecular weight excluding hydrogens is 247 g/mol. The number of pyridine rings is 1. The van der Waals surface area contributed by atoms with Crippen molar-refractivity contribution in [1.29, 1.82) is 0 Å². The molecule has 1 unspecified atom stereocenters. The molecule has 1 aromatic rings. The largest absolute Gasteiger partial charge is 0.279 e. The fraction of sp³-hybridized carbons (Fsp3) is 0.417. The van der Waals surface area contributed by atoms with E-state index in [1.807, 2.05) is 27.7 Å². The Morgan fingerprint density at radius 2 is 1.83 bits per heavy atom. The number of nitrogens with zero attached hydrogens (tertiary/aromatic N) is 1. The van der Waals surface area contributed by atoms with E-state index in [1.165, 1.54) is 12.5 Å². The van der Waals surface area contributed by atoms with Crippen LogP contribution < -0.4 is 4.72 Å². The predicted octanol–water partition coefficient (Wildman–Crippen LogP) is 1.74. The third-order valence-electron chi connectivity index (χ3n) is 1.23. The van der Waals surface area contributed by atoms with E-state index in [2.05, 4.69) is 15.6 Å². The first kappa shape index (κ1) is 21.9. The number of carbonyl (C=O) groups excluding carboxylic acids is 1. The Bertz CT molecular complexity index is 405. The zero-order valence-corrected chi connectivity index (χ0v) is 12.6. The average Bonchev–Trinajstić information content (AvgIpc) is 2.33. The highest BCUT2D eigenvalue weighted by atomic mass is 32.2. The van der Waals surface area contributed by atoms with Crippen LogP contribution in [0.2, 0.25) is 0 Å². The predicted molar refractivity (Wildman–Crippen MR) is 81.3 cm³/mol. The molecule has 0 aliphatic rings. The summed E-state index contributed by atoms with van der Waals surface area (Å²) in [6, 6.07) is 3.23. The Hall–Kier alpha value is -1.30. The standard InChI is InChI=1S/C8H10N2O2S.2C2H6.B/c1-13(2,12)10-8(11)7-4-3-5-9-6-7;2*1-2;/h3-6H,1H2,2H3,(H,10,11,12);2*1-2H3;. The number of hydrogen-bond acceptors (Lipinski definition) is 3. The smallest absolute Gasteiger partial charge is 0.264 e. The lowest BCUT2D eigenvalue weighted by Gasteiger charge is -2.04. The second-order valence-electron chi connectivity index (χ2n) is 2.68. The molecule has 1 aromatic heterocycles. The minimum Gasteiger partial charge on any atom is -0.279 e. The highest BCUT2D eigenvalue weighted by molar-refractivity contribution is 7.98. The van der Waals surface area contributed by atoms with Crippen LogP contribution >= 0.6 is 0 Å². The summed E-state index contributed by atoms with van der Waals surface area (Å²) in [6.07, 6.45) is 4.33. The topological polar surface area (TPSA) is 59.1 Å². The van der Waals surface area contributed by atoms with Crippen LogP contribution in [0, 0.1) is 0 Å². The van der Waals surface area contributed by atoms with Gasteiger partial charge in [0.15, 0.2) is 0 Å². The van der Waals surface area contributed by atoms with Crippen molar-refractivity contribution in [2.24, 2.45) is 0 Å². The summed E-state index contributed by atoms with van der Waals surface area (Å²) in [5.41, 5.74) is 0.376. The molecule has 3 radical (unpaired) electrons. The summed E-state index contributed by atoms with van der Waals surface area (Å²) in [5.74, 6) is 2.89. The summed E-state index contributed by atoms with van der Waals surface area (Å²) >= 11 is 0. The summed E-state index contributed by atoms with van der Waals surface area (Å²) in [5, 5.41) is 0. The summed E-state index contributed by atoms with van der Waals surface area (Å²) in [6.45, 7) is 8.00. The molecule has 1 atom stereocenters. The van der Waals surface area contributed by atoms with Crippen LogP contribution in [0.25, 0.3) is 0 Å². The molecule has 1 N–H and O–H groups in total. The van der Waals surface area contributed by atoms with Crippen molar-refractivity contribution in [3.05, 3.63) is 30.1 Å². The van der Waals surface area contributed by atoms with Crippen LogP contribution in [-0.4, -0.2) is 35.6 Å². The van der Waals surface area contributed by atoms with Gasteiger partial charge < -0.3 is 0 Å². The van der Waals surface area contributed by atoms with Gasteiger partial charge in [0.2, 0.25) is 0 Å². The Morgan fingerprint density at radius 1 is 1.33 bits per heavy atom. The zero-order valence-electron chi connectivity index (χ0n) is 11.8. The Morgan fingerprint density at radius 3 is 2.17 bits per heavy atom. The lowest BCUT2D eigenvalue weighted by Crippen LogP contribution is -2.29. The quantitative estimate of drug-likeness (QED) is 0.657. The van der Waals surface area contributed by atoms with Crippen molar-refractivity contribution in [2.45, 2.75) is 27.7 Å². The van der Waals surface area contributed by atoms with E-state index in [-0.39, 0.29) is 8.41 Å². The number of aromatic nitrogens is 1. The third kappa shape index (κ3) is 11.2. The van der Waals surface area contributed by atoms with Gasteiger partial charge in [-0.25, -0.2) is 4.21 Å². The monoisotopic (exact) mass is 269 g/mol. The highest BCUT2D eigenvalue weighted by Gasteiger charge is 2.06. The van der Waals surface area contributed by atoms with E-state index in [1.54, 1.807) is 18.3 Å². The molecule has 0 saturated heterocycles. The fourth-order valence-electron chi connectivity index (χ4n) is 0.752. The maximum atomic E-state index is 11.3. The van der Waals surface area contributed by atoms with Gasteiger partial charge in [-0.3, -0.25) is 14.5 Å². The van der Waals surface area contributed by atoms with E-state index >= 15 is 0 Å². The van der Waals surface area contributed by atoms with Gasteiger partial charge in [-0.2, -0.15) is 0 Å². The van der Waals surface area contributed by atoms with Crippen LogP contribution in [0.15, 0.2) is 24.5 Å². The van der Waals surface area contributed by atoms with Crippen LogP contribution in [-0.2, 0) is 9.71 Å². The van der Waals surface area contributed by atoms with Crippen molar-refractivity contribution < 1.29 is 9.00 Å². The summed E-state index contributed by atoms with van der Waals surface area (Å²) in [7, 11) is -2.50. The SMILES string of the molecule is C=S(C)(=O)NC(=O)c1cccnc1.CC.CC.[B]. The van der Waals surface area contributed by atoms with Gasteiger partial charge in [0, 0.05) is 36.8 Å². The summed E-state index contributed by atoms with van der Waals surface area (Å²) in [4.78, 5) is 15.1. The number of rotatable bonds is 2. The van der Waals surface area contributed by atoms with Crippen LogP contribution in [0.5, 0.6) is 0 Å².